The molecule has 0 aliphatic carbocycles. The first-order chi connectivity index (χ1) is 7.50. The summed E-state index contributed by atoms with van der Waals surface area (Å²) in [6, 6.07) is 7.77. The molecule has 0 saturated carbocycles. The minimum absolute atomic E-state index is 0. The lowest BCUT2D eigenvalue weighted by Crippen LogP contribution is -2.46. The lowest BCUT2D eigenvalue weighted by Gasteiger charge is -2.18. The van der Waals surface area contributed by atoms with Gasteiger partial charge in [0.05, 0.1) is 0 Å². The smallest absolute Gasteiger partial charge is 0.323 e. The van der Waals surface area contributed by atoms with E-state index in [4.69, 9.17) is 10.8 Å². The first-order valence-corrected chi connectivity index (χ1v) is 5.08. The quantitative estimate of drug-likeness (QED) is 0.783. The van der Waals surface area contributed by atoms with Crippen LogP contribution in [0.1, 0.15) is 12.5 Å². The fourth-order valence-corrected chi connectivity index (χ4v) is 1.75. The summed E-state index contributed by atoms with van der Waals surface area (Å²) in [6.07, 6.45) is 2.13. The molecule has 1 atom stereocenters. The van der Waals surface area contributed by atoms with E-state index in [1.165, 1.54) is 6.92 Å². The molecule has 0 amide bonds. The summed E-state index contributed by atoms with van der Waals surface area (Å²) in [6.45, 7) is 1.52. The number of benzene rings is 1. The zero-order chi connectivity index (χ0) is 11.8. The van der Waals surface area contributed by atoms with E-state index in [9.17, 15) is 4.79 Å². The Balaban J connectivity index is 0.00000144. The van der Waals surface area contributed by atoms with Gasteiger partial charge in [-0.2, -0.15) is 0 Å². The van der Waals surface area contributed by atoms with Crippen LogP contribution in [-0.4, -0.2) is 21.6 Å². The SMILES string of the molecule is C[C@](N)(Cc1c[nH]c2ccccc12)C(=O)O.Cl. The van der Waals surface area contributed by atoms with Crippen molar-refractivity contribution in [2.24, 2.45) is 5.73 Å². The Bertz CT molecular complexity index is 534. The number of nitrogens with one attached hydrogen (secondary N) is 1. The van der Waals surface area contributed by atoms with Gasteiger partial charge in [0.15, 0.2) is 0 Å². The Labute approximate surface area is 105 Å². The maximum Gasteiger partial charge on any atom is 0.323 e. The molecule has 2 rings (SSSR count). The third-order valence-corrected chi connectivity index (χ3v) is 2.72. The van der Waals surface area contributed by atoms with E-state index >= 15 is 0 Å². The maximum atomic E-state index is 10.9. The van der Waals surface area contributed by atoms with Gasteiger partial charge in [-0.05, 0) is 18.6 Å². The number of hydrogen-bond donors (Lipinski definition) is 3. The summed E-state index contributed by atoms with van der Waals surface area (Å²) in [4.78, 5) is 14.0. The maximum absolute atomic E-state index is 10.9. The third kappa shape index (κ3) is 2.60. The molecule has 0 aliphatic rings. The van der Waals surface area contributed by atoms with Crippen LogP contribution < -0.4 is 5.73 Å². The molecular weight excluding hydrogens is 240 g/mol. The number of halogens is 1. The molecule has 0 fully saturated rings. The van der Waals surface area contributed by atoms with Gasteiger partial charge in [0.2, 0.25) is 0 Å². The van der Waals surface area contributed by atoms with Crippen molar-refractivity contribution >= 4 is 29.3 Å². The van der Waals surface area contributed by atoms with Crippen molar-refractivity contribution in [3.8, 4) is 0 Å². The van der Waals surface area contributed by atoms with Gasteiger partial charge in [0.1, 0.15) is 5.54 Å². The van der Waals surface area contributed by atoms with Crippen molar-refractivity contribution in [2.75, 3.05) is 0 Å². The Morgan fingerprint density at radius 3 is 2.76 bits per heavy atom. The van der Waals surface area contributed by atoms with Gasteiger partial charge in [-0.3, -0.25) is 4.79 Å². The van der Waals surface area contributed by atoms with Gasteiger partial charge in [-0.25, -0.2) is 0 Å². The van der Waals surface area contributed by atoms with Gasteiger partial charge in [-0.1, -0.05) is 18.2 Å². The monoisotopic (exact) mass is 254 g/mol. The standard InChI is InChI=1S/C12H14N2O2.ClH/c1-12(13,11(15)16)6-8-7-14-10-5-3-2-4-9(8)10;/h2-5,7,14H,6,13H2,1H3,(H,15,16);1H/t12-;/m0./s1. The molecular formula is C12H15ClN2O2. The molecule has 0 aliphatic heterocycles. The van der Waals surface area contributed by atoms with Gasteiger partial charge < -0.3 is 15.8 Å². The van der Waals surface area contributed by atoms with Crippen LogP contribution in [0.2, 0.25) is 0 Å². The van der Waals surface area contributed by atoms with Crippen molar-refractivity contribution in [3.05, 3.63) is 36.0 Å². The minimum atomic E-state index is -1.23. The second-order valence-electron chi connectivity index (χ2n) is 4.26. The van der Waals surface area contributed by atoms with E-state index in [1.54, 1.807) is 0 Å². The Kier molecular flexibility index (Phi) is 3.80. The molecule has 4 N–H and O–H groups in total. The zero-order valence-electron chi connectivity index (χ0n) is 9.43. The topological polar surface area (TPSA) is 79.1 Å². The lowest BCUT2D eigenvalue weighted by molar-refractivity contribution is -0.142. The molecule has 2 aromatic rings. The second kappa shape index (κ2) is 4.77. The number of aromatic amines is 1. The average molecular weight is 255 g/mol. The molecule has 17 heavy (non-hydrogen) atoms. The second-order valence-corrected chi connectivity index (χ2v) is 4.26. The number of carboxylic acid groups (broad SMARTS) is 1. The van der Waals surface area contributed by atoms with Crippen molar-refractivity contribution < 1.29 is 9.90 Å². The molecule has 1 aromatic carbocycles. The van der Waals surface area contributed by atoms with Gasteiger partial charge in [0, 0.05) is 23.5 Å². The van der Waals surface area contributed by atoms with Crippen LogP contribution in [0.15, 0.2) is 30.5 Å². The molecule has 0 bridgehead atoms. The molecule has 92 valence electrons. The molecule has 5 heteroatoms. The van der Waals surface area contributed by atoms with E-state index in [1.807, 2.05) is 30.5 Å². The predicted molar refractivity (Wildman–Crippen MR) is 69.5 cm³/mol. The number of aromatic nitrogens is 1. The predicted octanol–water partition coefficient (Wildman–Crippen LogP) is 1.93. The van der Waals surface area contributed by atoms with Crippen molar-refractivity contribution in [1.29, 1.82) is 0 Å². The van der Waals surface area contributed by atoms with E-state index in [0.717, 1.165) is 16.5 Å². The molecule has 0 unspecified atom stereocenters. The molecule has 0 spiro atoms. The number of carbonyl (C=O) groups is 1. The van der Waals surface area contributed by atoms with Crippen LogP contribution >= 0.6 is 12.4 Å². The number of aliphatic carboxylic acids is 1. The fraction of sp³-hybridized carbons (Fsp3) is 0.250. The highest BCUT2D eigenvalue weighted by Crippen LogP contribution is 2.21. The molecule has 1 aromatic heterocycles. The number of carboxylic acids is 1. The van der Waals surface area contributed by atoms with Crippen LogP contribution in [0.5, 0.6) is 0 Å². The van der Waals surface area contributed by atoms with Gasteiger partial charge in [-0.15, -0.1) is 12.4 Å². The minimum Gasteiger partial charge on any atom is -0.480 e. The highest BCUT2D eigenvalue weighted by molar-refractivity contribution is 5.85. The summed E-state index contributed by atoms with van der Waals surface area (Å²) < 4.78 is 0. The first kappa shape index (κ1) is 13.5. The Hall–Kier alpha value is -1.52. The van der Waals surface area contributed by atoms with Crippen LogP contribution in [0.25, 0.3) is 10.9 Å². The fourth-order valence-electron chi connectivity index (χ4n) is 1.75. The van der Waals surface area contributed by atoms with Gasteiger partial charge in [0.25, 0.3) is 0 Å². The highest BCUT2D eigenvalue weighted by Gasteiger charge is 2.28. The van der Waals surface area contributed by atoms with E-state index < -0.39 is 11.5 Å². The molecule has 4 nitrogen and oxygen atoms in total. The summed E-state index contributed by atoms with van der Waals surface area (Å²) in [7, 11) is 0. The average Bonchev–Trinajstić information content (AvgIpc) is 2.61. The number of fused-ring (bicyclic) bond motifs is 1. The number of hydrogen-bond acceptors (Lipinski definition) is 2. The molecule has 1 heterocycles. The first-order valence-electron chi connectivity index (χ1n) is 5.08. The van der Waals surface area contributed by atoms with E-state index in [-0.39, 0.29) is 12.4 Å². The van der Waals surface area contributed by atoms with Crippen LogP contribution in [0.3, 0.4) is 0 Å². The van der Waals surface area contributed by atoms with E-state index in [0.29, 0.717) is 6.42 Å². The van der Waals surface area contributed by atoms with E-state index in [2.05, 4.69) is 4.98 Å². The summed E-state index contributed by atoms with van der Waals surface area (Å²) in [5.41, 5.74) is 6.43. The van der Waals surface area contributed by atoms with Crippen molar-refractivity contribution in [2.45, 2.75) is 18.9 Å². The Morgan fingerprint density at radius 2 is 2.12 bits per heavy atom. The molecule has 0 radical (unpaired) electrons. The zero-order valence-corrected chi connectivity index (χ0v) is 10.3. The number of nitrogens with two attached hydrogens (primary N) is 1. The normalized spacial score (nSPS) is 14.0. The number of rotatable bonds is 3. The summed E-state index contributed by atoms with van der Waals surface area (Å²) in [5, 5.41) is 10.0. The Morgan fingerprint density at radius 1 is 1.47 bits per heavy atom. The lowest BCUT2D eigenvalue weighted by atomic mass is 9.94. The summed E-state index contributed by atoms with van der Waals surface area (Å²) in [5.74, 6) is -0.988. The third-order valence-electron chi connectivity index (χ3n) is 2.72. The molecule has 0 saturated heterocycles. The number of para-hydroxylation sites is 1. The highest BCUT2D eigenvalue weighted by atomic mass is 35.5. The van der Waals surface area contributed by atoms with Crippen LogP contribution in [0.4, 0.5) is 0 Å². The van der Waals surface area contributed by atoms with Gasteiger partial charge >= 0.3 is 5.97 Å². The van der Waals surface area contributed by atoms with Crippen molar-refractivity contribution in [3.63, 3.8) is 0 Å². The van der Waals surface area contributed by atoms with Crippen molar-refractivity contribution in [1.82, 2.24) is 4.98 Å². The largest absolute Gasteiger partial charge is 0.480 e. The van der Waals surface area contributed by atoms with Crippen LogP contribution in [-0.2, 0) is 11.2 Å². The number of H-pyrrole nitrogens is 1. The summed E-state index contributed by atoms with van der Waals surface area (Å²) >= 11 is 0. The van der Waals surface area contributed by atoms with Crippen LogP contribution in [0, 0.1) is 0 Å².